The van der Waals surface area contributed by atoms with Gasteiger partial charge in [-0.3, -0.25) is 9.69 Å². The Labute approximate surface area is 152 Å². The summed E-state index contributed by atoms with van der Waals surface area (Å²) in [6.45, 7) is 3.29. The van der Waals surface area contributed by atoms with Crippen LogP contribution >= 0.6 is 15.9 Å². The summed E-state index contributed by atoms with van der Waals surface area (Å²) in [5, 5.41) is 2.92. The zero-order valence-electron chi connectivity index (χ0n) is 14.2. The van der Waals surface area contributed by atoms with Crippen molar-refractivity contribution < 1.29 is 13.2 Å². The van der Waals surface area contributed by atoms with E-state index in [1.807, 2.05) is 31.2 Å². The molecule has 0 radical (unpaired) electrons. The molecule has 2 rings (SSSR count). The molecule has 134 valence electrons. The molecular formula is C16H24BrN3O3S. The van der Waals surface area contributed by atoms with Crippen LogP contribution in [0.1, 0.15) is 19.8 Å². The zero-order valence-corrected chi connectivity index (χ0v) is 16.6. The van der Waals surface area contributed by atoms with Crippen LogP contribution < -0.4 is 5.32 Å². The molecule has 0 bridgehead atoms. The molecule has 0 spiro atoms. The molecule has 1 unspecified atom stereocenters. The van der Waals surface area contributed by atoms with Gasteiger partial charge in [-0.25, -0.2) is 12.7 Å². The average molecular weight is 418 g/mol. The molecule has 1 aromatic rings. The number of sulfonamides is 1. The highest BCUT2D eigenvalue weighted by Crippen LogP contribution is 2.20. The first-order valence-corrected chi connectivity index (χ1v) is 10.6. The first-order valence-electron chi connectivity index (χ1n) is 7.92. The number of halogens is 1. The van der Waals surface area contributed by atoms with Crippen molar-refractivity contribution in [2.45, 2.75) is 31.8 Å². The van der Waals surface area contributed by atoms with Crippen molar-refractivity contribution >= 4 is 37.5 Å². The third kappa shape index (κ3) is 5.02. The molecule has 1 fully saturated rings. The summed E-state index contributed by atoms with van der Waals surface area (Å²) in [4.78, 5) is 14.5. The molecule has 0 aromatic heterocycles. The third-order valence-corrected chi connectivity index (χ3v) is 6.39. The maximum Gasteiger partial charge on any atom is 0.241 e. The number of carbonyl (C=O) groups is 1. The lowest BCUT2D eigenvalue weighted by Crippen LogP contribution is -2.50. The SMILES string of the molecule is CC(C(=O)Nc1cccc(Br)c1)N1CCC(N(C)S(C)(=O)=O)CC1. The van der Waals surface area contributed by atoms with Crippen LogP contribution in [0.2, 0.25) is 0 Å². The first kappa shape index (κ1) is 19.4. The predicted octanol–water partition coefficient (Wildman–Crippen LogP) is 2.13. The van der Waals surface area contributed by atoms with Crippen LogP contribution in [0.25, 0.3) is 0 Å². The van der Waals surface area contributed by atoms with Gasteiger partial charge in [-0.2, -0.15) is 0 Å². The largest absolute Gasteiger partial charge is 0.325 e. The van der Waals surface area contributed by atoms with E-state index in [-0.39, 0.29) is 18.0 Å². The van der Waals surface area contributed by atoms with E-state index in [4.69, 9.17) is 0 Å². The normalized spacial score (nSPS) is 18.5. The number of carbonyl (C=O) groups excluding carboxylic acids is 1. The van der Waals surface area contributed by atoms with Crippen molar-refractivity contribution in [2.24, 2.45) is 0 Å². The quantitative estimate of drug-likeness (QED) is 0.796. The number of nitrogens with one attached hydrogen (secondary N) is 1. The van der Waals surface area contributed by atoms with E-state index >= 15 is 0 Å². The molecule has 0 saturated carbocycles. The summed E-state index contributed by atoms with van der Waals surface area (Å²) >= 11 is 3.39. The fourth-order valence-electron chi connectivity index (χ4n) is 2.89. The van der Waals surface area contributed by atoms with E-state index < -0.39 is 10.0 Å². The summed E-state index contributed by atoms with van der Waals surface area (Å²) in [6.07, 6.45) is 2.70. The molecule has 1 aliphatic rings. The minimum absolute atomic E-state index is 0.0107. The van der Waals surface area contributed by atoms with E-state index in [2.05, 4.69) is 26.1 Å². The highest BCUT2D eigenvalue weighted by Gasteiger charge is 2.30. The van der Waals surface area contributed by atoms with Gasteiger partial charge in [0, 0.05) is 36.3 Å². The van der Waals surface area contributed by atoms with E-state index in [1.165, 1.54) is 10.6 Å². The van der Waals surface area contributed by atoms with Crippen molar-refractivity contribution in [3.05, 3.63) is 28.7 Å². The van der Waals surface area contributed by atoms with Gasteiger partial charge in [-0.1, -0.05) is 22.0 Å². The summed E-state index contributed by atoms with van der Waals surface area (Å²) in [5.74, 6) is -0.0528. The maximum absolute atomic E-state index is 12.4. The van der Waals surface area contributed by atoms with Crippen LogP contribution in [0.5, 0.6) is 0 Å². The molecule has 24 heavy (non-hydrogen) atoms. The molecule has 8 heteroatoms. The Balaban J connectivity index is 1.90. The van der Waals surface area contributed by atoms with Crippen LogP contribution in [0.3, 0.4) is 0 Å². The first-order chi connectivity index (χ1) is 11.2. The summed E-state index contributed by atoms with van der Waals surface area (Å²) in [7, 11) is -1.55. The van der Waals surface area contributed by atoms with Gasteiger partial charge in [0.15, 0.2) is 0 Å². The van der Waals surface area contributed by atoms with Crippen LogP contribution in [0.15, 0.2) is 28.7 Å². The monoisotopic (exact) mass is 417 g/mol. The van der Waals surface area contributed by atoms with Crippen molar-refractivity contribution in [1.29, 1.82) is 0 Å². The molecule has 1 aromatic carbocycles. The van der Waals surface area contributed by atoms with Crippen molar-refractivity contribution in [2.75, 3.05) is 31.7 Å². The van der Waals surface area contributed by atoms with Crippen molar-refractivity contribution in [3.8, 4) is 0 Å². The topological polar surface area (TPSA) is 69.7 Å². The van der Waals surface area contributed by atoms with Crippen molar-refractivity contribution in [1.82, 2.24) is 9.21 Å². The molecule has 1 saturated heterocycles. The van der Waals surface area contributed by atoms with E-state index in [0.29, 0.717) is 13.1 Å². The maximum atomic E-state index is 12.4. The van der Waals surface area contributed by atoms with E-state index in [9.17, 15) is 13.2 Å². The number of rotatable bonds is 5. The second kappa shape index (κ2) is 7.95. The molecule has 1 atom stereocenters. The van der Waals surface area contributed by atoms with Gasteiger partial charge < -0.3 is 5.32 Å². The van der Waals surface area contributed by atoms with Crippen molar-refractivity contribution in [3.63, 3.8) is 0 Å². The Morgan fingerprint density at radius 3 is 2.54 bits per heavy atom. The molecular weight excluding hydrogens is 394 g/mol. The number of hydrogen-bond acceptors (Lipinski definition) is 4. The molecule has 1 N–H and O–H groups in total. The second-order valence-electron chi connectivity index (χ2n) is 6.22. The summed E-state index contributed by atoms with van der Waals surface area (Å²) in [5.41, 5.74) is 0.757. The van der Waals surface area contributed by atoms with Crippen LogP contribution in [-0.4, -0.2) is 62.0 Å². The fraction of sp³-hybridized carbons (Fsp3) is 0.562. The van der Waals surface area contributed by atoms with Crippen LogP contribution in [0.4, 0.5) is 5.69 Å². The Bertz CT molecular complexity index is 688. The standard InChI is InChI=1S/C16H24BrN3O3S/c1-12(16(21)18-14-6-4-5-13(17)11-14)20-9-7-15(8-10-20)19(2)24(3,22)23/h4-6,11-12,15H,7-10H2,1-3H3,(H,18,21). The summed E-state index contributed by atoms with van der Waals surface area (Å²) in [6, 6.07) is 7.24. The van der Waals surface area contributed by atoms with Gasteiger partial charge in [-0.15, -0.1) is 0 Å². The number of anilines is 1. The Kier molecular flexibility index (Phi) is 6.41. The number of benzene rings is 1. The number of likely N-dealkylation sites (tertiary alicyclic amines) is 1. The highest BCUT2D eigenvalue weighted by molar-refractivity contribution is 9.10. The lowest BCUT2D eigenvalue weighted by molar-refractivity contribution is -0.121. The number of piperidine rings is 1. The van der Waals surface area contributed by atoms with Crippen LogP contribution in [0, 0.1) is 0 Å². The number of hydrogen-bond donors (Lipinski definition) is 1. The molecule has 1 amide bonds. The number of amides is 1. The lowest BCUT2D eigenvalue weighted by Gasteiger charge is -2.38. The molecule has 1 aliphatic heterocycles. The molecule has 1 heterocycles. The van der Waals surface area contributed by atoms with Gasteiger partial charge in [0.05, 0.1) is 12.3 Å². The Hall–Kier alpha value is -0.960. The highest BCUT2D eigenvalue weighted by atomic mass is 79.9. The van der Waals surface area contributed by atoms with E-state index in [0.717, 1.165) is 23.0 Å². The zero-order chi connectivity index (χ0) is 17.9. The summed E-state index contributed by atoms with van der Waals surface area (Å²) < 4.78 is 25.6. The van der Waals surface area contributed by atoms with Crippen LogP contribution in [-0.2, 0) is 14.8 Å². The lowest BCUT2D eigenvalue weighted by atomic mass is 10.0. The van der Waals surface area contributed by atoms with E-state index in [1.54, 1.807) is 7.05 Å². The van der Waals surface area contributed by atoms with Gasteiger partial charge in [0.25, 0.3) is 0 Å². The predicted molar refractivity (Wildman–Crippen MR) is 99.4 cm³/mol. The Morgan fingerprint density at radius 1 is 1.38 bits per heavy atom. The smallest absolute Gasteiger partial charge is 0.241 e. The number of nitrogens with zero attached hydrogens (tertiary/aromatic N) is 2. The third-order valence-electron chi connectivity index (χ3n) is 4.56. The molecule has 0 aliphatic carbocycles. The average Bonchev–Trinajstić information content (AvgIpc) is 2.52. The minimum atomic E-state index is -3.17. The van der Waals surface area contributed by atoms with Gasteiger partial charge in [0.2, 0.25) is 15.9 Å². The van der Waals surface area contributed by atoms with Gasteiger partial charge in [0.1, 0.15) is 0 Å². The second-order valence-corrected chi connectivity index (χ2v) is 9.18. The van der Waals surface area contributed by atoms with Gasteiger partial charge in [-0.05, 0) is 38.0 Å². The van der Waals surface area contributed by atoms with Gasteiger partial charge >= 0.3 is 0 Å². The minimum Gasteiger partial charge on any atom is -0.325 e. The molecule has 6 nitrogen and oxygen atoms in total. The fourth-order valence-corrected chi connectivity index (χ4v) is 4.04. The Morgan fingerprint density at radius 2 is 2.00 bits per heavy atom.